The Hall–Kier alpha value is -2.29. The van der Waals surface area contributed by atoms with E-state index in [0.717, 1.165) is 11.1 Å². The molecule has 2 amide bonds. The lowest BCUT2D eigenvalue weighted by atomic mass is 10.1. The largest absolute Gasteiger partial charge is 0.323 e. The summed E-state index contributed by atoms with van der Waals surface area (Å²) < 4.78 is 0. The molecule has 20 heavy (non-hydrogen) atoms. The van der Waals surface area contributed by atoms with Gasteiger partial charge in [-0.1, -0.05) is 35.9 Å². The van der Waals surface area contributed by atoms with Crippen LogP contribution < -0.4 is 10.6 Å². The van der Waals surface area contributed by atoms with Crippen molar-refractivity contribution in [2.75, 3.05) is 5.32 Å². The number of amides is 2. The van der Waals surface area contributed by atoms with Gasteiger partial charge in [-0.25, -0.2) is 4.79 Å². The van der Waals surface area contributed by atoms with Gasteiger partial charge < -0.3 is 10.6 Å². The maximum Gasteiger partial charge on any atom is 0.323 e. The molecule has 2 aromatic carbocycles. The first-order valence-corrected chi connectivity index (χ1v) is 6.95. The summed E-state index contributed by atoms with van der Waals surface area (Å²) in [7, 11) is 0. The molecule has 0 bridgehead atoms. The summed E-state index contributed by atoms with van der Waals surface area (Å²) in [5.41, 5.74) is 2.05. The second kappa shape index (κ2) is 5.37. The third-order valence-electron chi connectivity index (χ3n) is 3.66. The van der Waals surface area contributed by atoms with Crippen LogP contribution in [0.5, 0.6) is 0 Å². The van der Waals surface area contributed by atoms with Crippen molar-refractivity contribution in [1.82, 2.24) is 5.32 Å². The first kappa shape index (κ1) is 12.7. The topological polar surface area (TPSA) is 41.1 Å². The van der Waals surface area contributed by atoms with E-state index in [9.17, 15) is 4.79 Å². The minimum atomic E-state index is -0.194. The average molecular weight is 266 g/mol. The van der Waals surface area contributed by atoms with Crippen LogP contribution in [0.2, 0.25) is 0 Å². The molecule has 3 nitrogen and oxygen atoms in total. The Labute approximate surface area is 118 Å². The number of benzene rings is 2. The molecule has 0 aliphatic heterocycles. The maximum absolute atomic E-state index is 11.8. The summed E-state index contributed by atoms with van der Waals surface area (Å²) in [4.78, 5) is 11.8. The van der Waals surface area contributed by atoms with Crippen LogP contribution >= 0.6 is 0 Å². The second-order valence-electron chi connectivity index (χ2n) is 5.32. The van der Waals surface area contributed by atoms with Gasteiger partial charge in [-0.2, -0.15) is 0 Å². The van der Waals surface area contributed by atoms with Gasteiger partial charge in [-0.05, 0) is 48.6 Å². The number of hydrogen-bond acceptors (Lipinski definition) is 1. The van der Waals surface area contributed by atoms with Crippen LogP contribution in [0.15, 0.2) is 54.2 Å². The average Bonchev–Trinajstić information content (AvgIpc) is 3.29. The van der Waals surface area contributed by atoms with Crippen molar-refractivity contribution < 1.29 is 4.79 Å². The highest BCUT2D eigenvalue weighted by Crippen LogP contribution is 2.35. The monoisotopic (exact) mass is 266 g/mol. The van der Waals surface area contributed by atoms with Crippen molar-refractivity contribution in [3.63, 3.8) is 0 Å². The Morgan fingerprint density at radius 3 is 2.65 bits per heavy atom. The fourth-order valence-electron chi connectivity index (χ4n) is 2.27. The van der Waals surface area contributed by atoms with Crippen molar-refractivity contribution in [3.05, 3.63) is 54.2 Å². The van der Waals surface area contributed by atoms with Crippen molar-refractivity contribution in [2.45, 2.75) is 19.8 Å². The van der Waals surface area contributed by atoms with E-state index < -0.39 is 0 Å². The maximum atomic E-state index is 11.8. The first-order valence-electron chi connectivity index (χ1n) is 6.95. The van der Waals surface area contributed by atoms with E-state index in [4.69, 9.17) is 0 Å². The number of anilines is 1. The van der Waals surface area contributed by atoms with Crippen LogP contribution in [0.1, 0.15) is 19.8 Å². The van der Waals surface area contributed by atoms with E-state index in [2.05, 4.69) is 23.6 Å². The summed E-state index contributed by atoms with van der Waals surface area (Å²) in [5, 5.41) is 7.93. The first-order chi connectivity index (χ1) is 9.72. The summed E-state index contributed by atoms with van der Waals surface area (Å²) in [6.07, 6.45) is 4.31. The molecule has 0 saturated heterocycles. The number of carbonyl (C=O) groups is 1. The molecule has 1 saturated carbocycles. The summed E-state index contributed by atoms with van der Waals surface area (Å²) in [6.45, 7) is 2.06. The van der Waals surface area contributed by atoms with E-state index in [1.54, 1.807) is 0 Å². The van der Waals surface area contributed by atoms with Crippen LogP contribution in [0.3, 0.4) is 0 Å². The molecule has 0 aromatic heterocycles. The SMILES string of the molecule is C/C(=C\NC(=O)Nc1ccc2ccccc2c1)C1CC1. The zero-order chi connectivity index (χ0) is 13.9. The Balaban J connectivity index is 1.66. The number of urea groups is 1. The molecule has 0 spiro atoms. The molecule has 3 heteroatoms. The lowest BCUT2D eigenvalue weighted by Crippen LogP contribution is -2.24. The van der Waals surface area contributed by atoms with Gasteiger partial charge >= 0.3 is 6.03 Å². The molecule has 0 unspecified atom stereocenters. The minimum absolute atomic E-state index is 0.194. The Morgan fingerprint density at radius 1 is 1.15 bits per heavy atom. The van der Waals surface area contributed by atoms with Gasteiger partial charge in [0, 0.05) is 11.9 Å². The van der Waals surface area contributed by atoms with E-state index in [0.29, 0.717) is 5.92 Å². The molecule has 1 aliphatic rings. The molecule has 1 fully saturated rings. The van der Waals surface area contributed by atoms with Crippen LogP contribution in [-0.4, -0.2) is 6.03 Å². The molecular formula is C17H18N2O. The number of nitrogens with one attached hydrogen (secondary N) is 2. The smallest absolute Gasteiger partial charge is 0.314 e. The lowest BCUT2D eigenvalue weighted by molar-refractivity contribution is 0.255. The highest BCUT2D eigenvalue weighted by Gasteiger charge is 2.22. The van der Waals surface area contributed by atoms with Crippen LogP contribution in [0.4, 0.5) is 10.5 Å². The van der Waals surface area contributed by atoms with Gasteiger partial charge in [-0.3, -0.25) is 0 Å². The predicted octanol–water partition coefficient (Wildman–Crippen LogP) is 4.28. The highest BCUT2D eigenvalue weighted by atomic mass is 16.2. The second-order valence-corrected chi connectivity index (χ2v) is 5.32. The van der Waals surface area contributed by atoms with Gasteiger partial charge in [0.05, 0.1) is 0 Å². The van der Waals surface area contributed by atoms with Crippen molar-refractivity contribution in [1.29, 1.82) is 0 Å². The quantitative estimate of drug-likeness (QED) is 0.855. The van der Waals surface area contributed by atoms with E-state index in [1.165, 1.54) is 23.8 Å². The fourth-order valence-corrected chi connectivity index (χ4v) is 2.27. The summed E-state index contributed by atoms with van der Waals surface area (Å²) in [5.74, 6) is 0.677. The number of allylic oxidation sites excluding steroid dienone is 1. The van der Waals surface area contributed by atoms with E-state index >= 15 is 0 Å². The van der Waals surface area contributed by atoms with Gasteiger partial charge in [0.15, 0.2) is 0 Å². The van der Waals surface area contributed by atoms with Crippen LogP contribution in [0.25, 0.3) is 10.8 Å². The van der Waals surface area contributed by atoms with Crippen LogP contribution in [0, 0.1) is 5.92 Å². The molecule has 0 radical (unpaired) electrons. The van der Waals surface area contributed by atoms with Crippen LogP contribution in [-0.2, 0) is 0 Å². The fraction of sp³-hybridized carbons (Fsp3) is 0.235. The Kier molecular flexibility index (Phi) is 3.42. The minimum Gasteiger partial charge on any atom is -0.314 e. The van der Waals surface area contributed by atoms with Gasteiger partial charge in [0.1, 0.15) is 0 Å². The molecule has 3 rings (SSSR count). The van der Waals surface area contributed by atoms with E-state index in [-0.39, 0.29) is 6.03 Å². The van der Waals surface area contributed by atoms with Crippen molar-refractivity contribution in [2.24, 2.45) is 5.92 Å². The molecule has 0 heterocycles. The Morgan fingerprint density at radius 2 is 1.90 bits per heavy atom. The zero-order valence-corrected chi connectivity index (χ0v) is 11.5. The lowest BCUT2D eigenvalue weighted by Gasteiger charge is -2.07. The molecule has 1 aliphatic carbocycles. The molecule has 0 atom stereocenters. The molecular weight excluding hydrogens is 248 g/mol. The molecule has 2 N–H and O–H groups in total. The summed E-state index contributed by atoms with van der Waals surface area (Å²) in [6, 6.07) is 13.8. The van der Waals surface area contributed by atoms with Crippen molar-refractivity contribution >= 4 is 22.5 Å². The van der Waals surface area contributed by atoms with E-state index in [1.807, 2.05) is 42.6 Å². The third-order valence-corrected chi connectivity index (χ3v) is 3.66. The number of fused-ring (bicyclic) bond motifs is 1. The number of hydrogen-bond donors (Lipinski definition) is 2. The number of carbonyl (C=O) groups excluding carboxylic acids is 1. The van der Waals surface area contributed by atoms with Gasteiger partial charge in [-0.15, -0.1) is 0 Å². The normalized spacial score (nSPS) is 15.2. The molecule has 2 aromatic rings. The highest BCUT2D eigenvalue weighted by molar-refractivity contribution is 5.93. The Bertz CT molecular complexity index is 671. The summed E-state index contributed by atoms with van der Waals surface area (Å²) >= 11 is 0. The zero-order valence-electron chi connectivity index (χ0n) is 11.5. The number of rotatable bonds is 3. The third kappa shape index (κ3) is 2.99. The standard InChI is InChI=1S/C17H18N2O/c1-12(13-6-7-13)11-18-17(20)19-16-9-8-14-4-2-3-5-15(14)10-16/h2-5,8-11,13H,6-7H2,1H3,(H2,18,19,20)/b12-11+. The van der Waals surface area contributed by atoms with Gasteiger partial charge in [0.25, 0.3) is 0 Å². The van der Waals surface area contributed by atoms with Crippen molar-refractivity contribution in [3.8, 4) is 0 Å². The molecule has 102 valence electrons. The predicted molar refractivity (Wildman–Crippen MR) is 82.6 cm³/mol. The van der Waals surface area contributed by atoms with Gasteiger partial charge in [0.2, 0.25) is 0 Å².